The zero-order chi connectivity index (χ0) is 15.1. The van der Waals surface area contributed by atoms with Crippen LogP contribution < -0.4 is 5.32 Å². The van der Waals surface area contributed by atoms with Gasteiger partial charge in [0.15, 0.2) is 5.65 Å². The number of carbonyl (C=O) groups excluding carboxylic acids is 1. The van der Waals surface area contributed by atoms with Crippen molar-refractivity contribution in [1.29, 1.82) is 0 Å². The number of carbonyl (C=O) groups is 1. The van der Waals surface area contributed by atoms with E-state index in [2.05, 4.69) is 25.5 Å². The number of nitrogens with zero attached hydrogens (tertiary/aromatic N) is 4. The molecule has 0 aliphatic carbocycles. The molecule has 0 unspecified atom stereocenters. The number of aryl methyl sites for hydroxylation is 1. The van der Waals surface area contributed by atoms with Crippen LogP contribution in [-0.2, 0) is 0 Å². The van der Waals surface area contributed by atoms with E-state index in [9.17, 15) is 4.79 Å². The monoisotopic (exact) mass is 292 g/mol. The van der Waals surface area contributed by atoms with Gasteiger partial charge in [0.2, 0.25) is 5.95 Å². The summed E-state index contributed by atoms with van der Waals surface area (Å²) in [5.74, 6) is 0.949. The number of amides is 1. The number of hydrogen-bond donors (Lipinski definition) is 2. The zero-order valence-electron chi connectivity index (χ0n) is 11.7. The predicted octanol–water partition coefficient (Wildman–Crippen LogP) is 2.17. The van der Waals surface area contributed by atoms with Crippen LogP contribution in [0.2, 0.25) is 0 Å². The third kappa shape index (κ3) is 1.99. The lowest BCUT2D eigenvalue weighted by molar-refractivity contribution is 0.102. The van der Waals surface area contributed by atoms with Crippen LogP contribution in [0.25, 0.3) is 16.7 Å². The molecule has 0 bridgehead atoms. The molecule has 4 aromatic rings. The molecule has 0 aliphatic rings. The Bertz CT molecular complexity index is 967. The summed E-state index contributed by atoms with van der Waals surface area (Å²) >= 11 is 0. The number of nitrogens with one attached hydrogen (secondary N) is 2. The Morgan fingerprint density at radius 3 is 2.95 bits per heavy atom. The Balaban J connectivity index is 1.64. The van der Waals surface area contributed by atoms with E-state index >= 15 is 0 Å². The van der Waals surface area contributed by atoms with Gasteiger partial charge in [-0.05, 0) is 31.2 Å². The van der Waals surface area contributed by atoms with Crippen molar-refractivity contribution in [2.45, 2.75) is 6.92 Å². The fourth-order valence-electron chi connectivity index (χ4n) is 2.34. The molecular formula is C15H12N6O. The minimum atomic E-state index is -0.248. The number of rotatable bonds is 2. The topological polar surface area (TPSA) is 88.0 Å². The molecule has 7 heteroatoms. The van der Waals surface area contributed by atoms with Crippen molar-refractivity contribution < 1.29 is 4.79 Å². The van der Waals surface area contributed by atoms with Crippen molar-refractivity contribution in [3.8, 4) is 0 Å². The predicted molar refractivity (Wildman–Crippen MR) is 81.8 cm³/mol. The second-order valence-electron chi connectivity index (χ2n) is 4.95. The maximum Gasteiger partial charge on any atom is 0.258 e. The second kappa shape index (κ2) is 4.66. The number of benzene rings is 1. The van der Waals surface area contributed by atoms with Gasteiger partial charge in [-0.2, -0.15) is 0 Å². The molecule has 22 heavy (non-hydrogen) atoms. The molecule has 0 saturated heterocycles. The summed E-state index contributed by atoms with van der Waals surface area (Å²) in [4.78, 5) is 19.7. The zero-order valence-corrected chi connectivity index (χ0v) is 11.7. The molecular weight excluding hydrogens is 280 g/mol. The average molecular weight is 292 g/mol. The first-order chi connectivity index (χ1) is 10.7. The highest BCUT2D eigenvalue weighted by Gasteiger charge is 2.11. The lowest BCUT2D eigenvalue weighted by Crippen LogP contribution is -2.13. The molecule has 3 aromatic heterocycles. The number of hydrogen-bond acceptors (Lipinski definition) is 4. The first-order valence-electron chi connectivity index (χ1n) is 6.78. The van der Waals surface area contributed by atoms with E-state index in [4.69, 9.17) is 0 Å². The van der Waals surface area contributed by atoms with Crippen molar-refractivity contribution in [2.24, 2.45) is 0 Å². The van der Waals surface area contributed by atoms with E-state index in [0.29, 0.717) is 17.2 Å². The molecule has 1 aromatic carbocycles. The van der Waals surface area contributed by atoms with Crippen LogP contribution in [0.1, 0.15) is 16.2 Å². The maximum atomic E-state index is 12.3. The van der Waals surface area contributed by atoms with Gasteiger partial charge in [-0.15, -0.1) is 10.2 Å². The first-order valence-corrected chi connectivity index (χ1v) is 6.78. The largest absolute Gasteiger partial charge is 0.324 e. The number of aromatic nitrogens is 5. The molecule has 108 valence electrons. The highest BCUT2D eigenvalue weighted by Crippen LogP contribution is 2.14. The molecule has 4 rings (SSSR count). The van der Waals surface area contributed by atoms with Crippen molar-refractivity contribution >= 4 is 28.5 Å². The van der Waals surface area contributed by atoms with Crippen molar-refractivity contribution in [3.05, 3.63) is 54.0 Å². The van der Waals surface area contributed by atoms with Gasteiger partial charge in [0.05, 0.1) is 11.0 Å². The molecule has 0 radical (unpaired) electrons. The third-order valence-electron chi connectivity index (χ3n) is 3.46. The van der Waals surface area contributed by atoms with Gasteiger partial charge in [0, 0.05) is 11.8 Å². The molecule has 0 saturated carbocycles. The fraction of sp³-hybridized carbons (Fsp3) is 0.0667. The van der Waals surface area contributed by atoms with Gasteiger partial charge in [0.25, 0.3) is 5.91 Å². The van der Waals surface area contributed by atoms with E-state index in [-0.39, 0.29) is 5.91 Å². The van der Waals surface area contributed by atoms with E-state index < -0.39 is 0 Å². The number of anilines is 1. The summed E-state index contributed by atoms with van der Waals surface area (Å²) < 4.78 is 1.82. The Kier molecular flexibility index (Phi) is 2.65. The lowest BCUT2D eigenvalue weighted by atomic mass is 10.2. The lowest BCUT2D eigenvalue weighted by Gasteiger charge is -2.02. The van der Waals surface area contributed by atoms with E-state index in [1.54, 1.807) is 18.3 Å². The summed E-state index contributed by atoms with van der Waals surface area (Å²) in [5, 5.41) is 10.7. The number of fused-ring (bicyclic) bond motifs is 2. The minimum Gasteiger partial charge on any atom is -0.324 e. The Hall–Kier alpha value is -3.22. The molecule has 0 aliphatic heterocycles. The Morgan fingerprint density at radius 1 is 1.23 bits per heavy atom. The van der Waals surface area contributed by atoms with Crippen LogP contribution >= 0.6 is 0 Å². The van der Waals surface area contributed by atoms with E-state index in [1.165, 1.54) is 0 Å². The standard InChI is InChI=1S/C15H12N6O/c1-9-19-20-13-8-10(6-7-21(9)13)14(22)18-15-16-11-4-2-3-5-12(11)17-15/h2-8H,1H3,(H2,16,17,18,22). The van der Waals surface area contributed by atoms with Crippen molar-refractivity contribution in [1.82, 2.24) is 24.6 Å². The molecule has 3 heterocycles. The number of pyridine rings is 1. The van der Waals surface area contributed by atoms with Gasteiger partial charge in [-0.1, -0.05) is 12.1 Å². The highest BCUT2D eigenvalue weighted by atomic mass is 16.1. The van der Waals surface area contributed by atoms with Crippen LogP contribution in [-0.4, -0.2) is 30.5 Å². The van der Waals surface area contributed by atoms with Gasteiger partial charge < -0.3 is 4.98 Å². The molecule has 1 amide bonds. The average Bonchev–Trinajstić information content (AvgIpc) is 3.10. The summed E-state index contributed by atoms with van der Waals surface area (Å²) in [5.41, 5.74) is 2.82. The van der Waals surface area contributed by atoms with Crippen LogP contribution in [0.5, 0.6) is 0 Å². The van der Waals surface area contributed by atoms with E-state index in [1.807, 2.05) is 35.6 Å². The van der Waals surface area contributed by atoms with Crippen LogP contribution in [0.4, 0.5) is 5.95 Å². The summed E-state index contributed by atoms with van der Waals surface area (Å²) in [7, 11) is 0. The van der Waals surface area contributed by atoms with Gasteiger partial charge in [-0.25, -0.2) is 4.98 Å². The summed E-state index contributed by atoms with van der Waals surface area (Å²) in [6.07, 6.45) is 1.78. The van der Waals surface area contributed by atoms with Crippen LogP contribution in [0.3, 0.4) is 0 Å². The maximum absolute atomic E-state index is 12.3. The highest BCUT2D eigenvalue weighted by molar-refractivity contribution is 6.04. The summed E-state index contributed by atoms with van der Waals surface area (Å²) in [6, 6.07) is 11.0. The second-order valence-corrected chi connectivity index (χ2v) is 4.95. The quantitative estimate of drug-likeness (QED) is 0.592. The normalized spacial score (nSPS) is 11.1. The number of para-hydroxylation sites is 2. The van der Waals surface area contributed by atoms with Gasteiger partial charge in [0.1, 0.15) is 5.82 Å². The number of aromatic amines is 1. The fourth-order valence-corrected chi connectivity index (χ4v) is 2.34. The van der Waals surface area contributed by atoms with Gasteiger partial charge >= 0.3 is 0 Å². The number of imidazole rings is 1. The molecule has 0 atom stereocenters. The molecule has 2 N–H and O–H groups in total. The van der Waals surface area contributed by atoms with Crippen LogP contribution in [0, 0.1) is 6.92 Å². The first kappa shape index (κ1) is 12.5. The smallest absolute Gasteiger partial charge is 0.258 e. The Labute approximate surface area is 125 Å². The van der Waals surface area contributed by atoms with Crippen molar-refractivity contribution in [3.63, 3.8) is 0 Å². The van der Waals surface area contributed by atoms with Crippen molar-refractivity contribution in [2.75, 3.05) is 5.32 Å². The van der Waals surface area contributed by atoms with Crippen LogP contribution in [0.15, 0.2) is 42.6 Å². The Morgan fingerprint density at radius 2 is 2.09 bits per heavy atom. The third-order valence-corrected chi connectivity index (χ3v) is 3.46. The van der Waals surface area contributed by atoms with E-state index in [0.717, 1.165) is 16.9 Å². The molecule has 0 spiro atoms. The molecule has 0 fully saturated rings. The SMILES string of the molecule is Cc1nnc2cc(C(=O)Nc3nc4ccccc4[nH]3)ccn12. The number of H-pyrrole nitrogens is 1. The molecule has 7 nitrogen and oxygen atoms in total. The van der Waals surface area contributed by atoms with Gasteiger partial charge in [-0.3, -0.25) is 14.5 Å². The summed E-state index contributed by atoms with van der Waals surface area (Å²) in [6.45, 7) is 1.86. The minimum absolute atomic E-state index is 0.248.